The molecule has 70 valence electrons. The number of rotatable bonds is 1. The van der Waals surface area contributed by atoms with Crippen LogP contribution in [0.5, 0.6) is 5.88 Å². The maximum atomic E-state index is 5.71. The molecule has 0 saturated heterocycles. The first-order valence-electron chi connectivity index (χ1n) is 4.41. The molecule has 0 radical (unpaired) electrons. The van der Waals surface area contributed by atoms with Gasteiger partial charge in [-0.1, -0.05) is 6.92 Å². The second kappa shape index (κ2) is 3.98. The van der Waals surface area contributed by atoms with E-state index < -0.39 is 0 Å². The van der Waals surface area contributed by atoms with Gasteiger partial charge in [-0.2, -0.15) is 0 Å². The molecule has 0 saturated carbocycles. The summed E-state index contributed by atoms with van der Waals surface area (Å²) in [6, 6.07) is 3.93. The molecule has 0 spiro atoms. The van der Waals surface area contributed by atoms with Crippen LogP contribution >= 0.6 is 11.9 Å². The summed E-state index contributed by atoms with van der Waals surface area (Å²) >= 11 is 1.59. The van der Waals surface area contributed by atoms with Crippen LogP contribution in [0.4, 0.5) is 0 Å². The Labute approximate surface area is 82.0 Å². The van der Waals surface area contributed by atoms with E-state index in [0.717, 1.165) is 23.7 Å². The molecule has 0 aromatic carbocycles. The zero-order valence-electron chi connectivity index (χ0n) is 7.49. The molecule has 1 aromatic heterocycles. The Morgan fingerprint density at radius 2 is 2.69 bits per heavy atom. The minimum absolute atomic E-state index is 0.239. The fourth-order valence-corrected chi connectivity index (χ4v) is 1.94. The largest absolute Gasteiger partial charge is 0.472 e. The van der Waals surface area contributed by atoms with Gasteiger partial charge >= 0.3 is 0 Å². The van der Waals surface area contributed by atoms with Crippen molar-refractivity contribution in [3.05, 3.63) is 18.3 Å². The third kappa shape index (κ3) is 1.95. The Balaban J connectivity index is 2.23. The fraction of sp³-hybridized carbons (Fsp3) is 0.444. The average Bonchev–Trinajstić information content (AvgIpc) is 2.38. The lowest BCUT2D eigenvalue weighted by atomic mass is 10.3. The molecule has 1 aromatic rings. The topological polar surface area (TPSA) is 34.2 Å². The Morgan fingerprint density at radius 3 is 3.54 bits per heavy atom. The van der Waals surface area contributed by atoms with E-state index in [0.29, 0.717) is 0 Å². The van der Waals surface area contributed by atoms with Crippen molar-refractivity contribution in [2.45, 2.75) is 24.3 Å². The second-order valence-corrected chi connectivity index (χ2v) is 3.84. The molecular weight excluding hydrogens is 184 g/mol. The molecule has 1 N–H and O–H groups in total. The van der Waals surface area contributed by atoms with E-state index in [2.05, 4.69) is 16.6 Å². The Bertz CT molecular complexity index is 293. The zero-order chi connectivity index (χ0) is 9.10. The van der Waals surface area contributed by atoms with E-state index in [-0.39, 0.29) is 6.10 Å². The third-order valence-corrected chi connectivity index (χ3v) is 2.80. The van der Waals surface area contributed by atoms with Crippen molar-refractivity contribution in [2.24, 2.45) is 0 Å². The lowest BCUT2D eigenvalue weighted by molar-refractivity contribution is 0.191. The van der Waals surface area contributed by atoms with Crippen LogP contribution < -0.4 is 9.46 Å². The summed E-state index contributed by atoms with van der Waals surface area (Å²) in [7, 11) is 0. The zero-order valence-corrected chi connectivity index (χ0v) is 8.30. The smallest absolute Gasteiger partial charge is 0.228 e. The number of nitrogens with one attached hydrogen (secondary N) is 1. The van der Waals surface area contributed by atoms with Crippen molar-refractivity contribution in [3.8, 4) is 5.88 Å². The molecule has 0 fully saturated rings. The predicted molar refractivity (Wildman–Crippen MR) is 52.8 cm³/mol. The van der Waals surface area contributed by atoms with E-state index in [1.165, 1.54) is 0 Å². The first-order chi connectivity index (χ1) is 6.40. The van der Waals surface area contributed by atoms with Crippen molar-refractivity contribution in [3.63, 3.8) is 0 Å². The number of hydrogen-bond acceptors (Lipinski definition) is 4. The summed E-state index contributed by atoms with van der Waals surface area (Å²) in [6.45, 7) is 2.99. The fourth-order valence-electron chi connectivity index (χ4n) is 1.18. The molecule has 1 aliphatic rings. The van der Waals surface area contributed by atoms with Crippen LogP contribution in [0.15, 0.2) is 23.2 Å². The van der Waals surface area contributed by atoms with Gasteiger partial charge in [0.25, 0.3) is 0 Å². The number of fused-ring (bicyclic) bond motifs is 1. The SMILES string of the molecule is CC[C@@H]1CNSc2cccnc2O1. The minimum Gasteiger partial charge on any atom is -0.472 e. The van der Waals surface area contributed by atoms with Crippen molar-refractivity contribution in [1.82, 2.24) is 9.71 Å². The highest BCUT2D eigenvalue weighted by Crippen LogP contribution is 2.28. The predicted octanol–water partition coefficient (Wildman–Crippen LogP) is 1.85. The van der Waals surface area contributed by atoms with E-state index in [1.807, 2.05) is 12.1 Å². The summed E-state index contributed by atoms with van der Waals surface area (Å²) in [5, 5.41) is 0. The van der Waals surface area contributed by atoms with Crippen molar-refractivity contribution in [2.75, 3.05) is 6.54 Å². The molecule has 4 heteroatoms. The molecule has 3 nitrogen and oxygen atoms in total. The normalized spacial score (nSPS) is 21.5. The number of ether oxygens (including phenoxy) is 1. The van der Waals surface area contributed by atoms with Crippen LogP contribution in [0.3, 0.4) is 0 Å². The highest BCUT2D eigenvalue weighted by Gasteiger charge is 2.16. The van der Waals surface area contributed by atoms with Gasteiger partial charge in [0, 0.05) is 12.7 Å². The van der Waals surface area contributed by atoms with Crippen LogP contribution in [0.2, 0.25) is 0 Å². The molecule has 0 unspecified atom stereocenters. The third-order valence-electron chi connectivity index (χ3n) is 1.96. The van der Waals surface area contributed by atoms with Gasteiger partial charge in [0.1, 0.15) is 6.10 Å². The van der Waals surface area contributed by atoms with Crippen molar-refractivity contribution in [1.29, 1.82) is 0 Å². The van der Waals surface area contributed by atoms with E-state index in [1.54, 1.807) is 18.1 Å². The summed E-state index contributed by atoms with van der Waals surface area (Å²) in [5.41, 5.74) is 0. The van der Waals surface area contributed by atoms with Crippen LogP contribution in [0, 0.1) is 0 Å². The number of aromatic nitrogens is 1. The Kier molecular flexibility index (Phi) is 2.71. The molecule has 0 aliphatic carbocycles. The first-order valence-corrected chi connectivity index (χ1v) is 5.23. The standard InChI is InChI=1S/C9H12N2OS/c1-2-7-6-11-13-8-4-3-5-10-9(8)12-7/h3-5,7,11H,2,6H2,1H3/t7-/m1/s1. The molecule has 1 aliphatic heterocycles. The maximum Gasteiger partial charge on any atom is 0.228 e. The van der Waals surface area contributed by atoms with E-state index in [4.69, 9.17) is 4.74 Å². The average molecular weight is 196 g/mol. The summed E-state index contributed by atoms with van der Waals surface area (Å²) in [5.74, 6) is 0.754. The highest BCUT2D eigenvalue weighted by atomic mass is 32.2. The maximum absolute atomic E-state index is 5.71. The van der Waals surface area contributed by atoms with E-state index >= 15 is 0 Å². The van der Waals surface area contributed by atoms with Gasteiger partial charge in [-0.3, -0.25) is 4.72 Å². The monoisotopic (exact) mass is 196 g/mol. The molecular formula is C9H12N2OS. The van der Waals surface area contributed by atoms with Crippen LogP contribution in [-0.2, 0) is 0 Å². The van der Waals surface area contributed by atoms with Crippen LogP contribution in [0.1, 0.15) is 13.3 Å². The van der Waals surface area contributed by atoms with E-state index in [9.17, 15) is 0 Å². The number of nitrogens with zero attached hydrogens (tertiary/aromatic N) is 1. The van der Waals surface area contributed by atoms with Gasteiger partial charge in [0.15, 0.2) is 0 Å². The van der Waals surface area contributed by atoms with Gasteiger partial charge in [0.2, 0.25) is 5.88 Å². The first kappa shape index (κ1) is 8.84. The summed E-state index contributed by atoms with van der Waals surface area (Å²) in [6.07, 6.45) is 3.00. The molecule has 2 heterocycles. The van der Waals surface area contributed by atoms with Crippen LogP contribution in [-0.4, -0.2) is 17.6 Å². The number of hydrogen-bond donors (Lipinski definition) is 1. The minimum atomic E-state index is 0.239. The Hall–Kier alpha value is -0.740. The highest BCUT2D eigenvalue weighted by molar-refractivity contribution is 7.97. The van der Waals surface area contributed by atoms with Gasteiger partial charge in [-0.15, -0.1) is 0 Å². The van der Waals surface area contributed by atoms with Gasteiger partial charge in [-0.25, -0.2) is 4.98 Å². The molecule has 0 bridgehead atoms. The molecule has 0 amide bonds. The summed E-state index contributed by atoms with van der Waals surface area (Å²) < 4.78 is 8.97. The lowest BCUT2D eigenvalue weighted by Crippen LogP contribution is -2.25. The molecule has 2 rings (SSSR count). The quantitative estimate of drug-likeness (QED) is 0.695. The van der Waals surface area contributed by atoms with Crippen molar-refractivity contribution < 1.29 is 4.74 Å². The Morgan fingerprint density at radius 1 is 1.77 bits per heavy atom. The van der Waals surface area contributed by atoms with Gasteiger partial charge in [-0.05, 0) is 30.5 Å². The molecule has 1 atom stereocenters. The number of pyridine rings is 1. The second-order valence-electron chi connectivity index (χ2n) is 2.91. The lowest BCUT2D eigenvalue weighted by Gasteiger charge is -2.12. The van der Waals surface area contributed by atoms with Crippen molar-refractivity contribution >= 4 is 11.9 Å². The summed E-state index contributed by atoms with van der Waals surface area (Å²) in [4.78, 5) is 5.26. The van der Waals surface area contributed by atoms with Gasteiger partial charge in [0.05, 0.1) is 4.90 Å². The van der Waals surface area contributed by atoms with Crippen LogP contribution in [0.25, 0.3) is 0 Å². The molecule has 13 heavy (non-hydrogen) atoms. The van der Waals surface area contributed by atoms with Gasteiger partial charge < -0.3 is 4.74 Å².